The van der Waals surface area contributed by atoms with E-state index in [0.717, 1.165) is 49.1 Å². The van der Waals surface area contributed by atoms with Crippen molar-refractivity contribution in [2.24, 2.45) is 0 Å². The normalized spacial score (nSPS) is 18.1. The highest BCUT2D eigenvalue weighted by Gasteiger charge is 2.34. The van der Waals surface area contributed by atoms with Crippen LogP contribution in [0.1, 0.15) is 35.2 Å². The number of aromatic amines is 1. The largest absolute Gasteiger partial charge is 0.361 e. The van der Waals surface area contributed by atoms with Gasteiger partial charge in [0.05, 0.1) is 11.4 Å². The monoisotopic (exact) mass is 388 g/mol. The number of carbonyl (C=O) groups is 2. The molecule has 6 nitrogen and oxygen atoms in total. The molecule has 1 aromatic heterocycles. The number of para-hydroxylation sites is 1. The van der Waals surface area contributed by atoms with Crippen molar-refractivity contribution in [3.63, 3.8) is 0 Å². The molecule has 3 aromatic rings. The Kier molecular flexibility index (Phi) is 4.46. The SMILES string of the molecule is O=C(NCCc1c[nH]c2ccccc12)c1ccc2c(c1)NC(=O)[C@H]1CCCCN21. The van der Waals surface area contributed by atoms with Crippen molar-refractivity contribution in [3.8, 4) is 0 Å². The summed E-state index contributed by atoms with van der Waals surface area (Å²) in [4.78, 5) is 30.5. The van der Waals surface area contributed by atoms with Gasteiger partial charge in [-0.1, -0.05) is 18.2 Å². The number of nitrogens with one attached hydrogen (secondary N) is 3. The molecule has 2 aromatic carbocycles. The van der Waals surface area contributed by atoms with Crippen LogP contribution in [0.4, 0.5) is 11.4 Å². The average Bonchev–Trinajstić information content (AvgIpc) is 3.17. The van der Waals surface area contributed by atoms with Crippen LogP contribution < -0.4 is 15.5 Å². The first-order chi connectivity index (χ1) is 14.2. The number of H-pyrrole nitrogens is 1. The molecule has 3 N–H and O–H groups in total. The zero-order valence-corrected chi connectivity index (χ0v) is 16.2. The lowest BCUT2D eigenvalue weighted by molar-refractivity contribution is -0.118. The molecule has 2 aliphatic rings. The molecule has 0 saturated carbocycles. The van der Waals surface area contributed by atoms with Crippen LogP contribution >= 0.6 is 0 Å². The third-order valence-electron chi connectivity index (χ3n) is 5.99. The van der Waals surface area contributed by atoms with Crippen molar-refractivity contribution in [1.29, 1.82) is 0 Å². The fourth-order valence-electron chi connectivity index (χ4n) is 4.49. The number of anilines is 2. The summed E-state index contributed by atoms with van der Waals surface area (Å²) in [7, 11) is 0. The van der Waals surface area contributed by atoms with Crippen LogP contribution in [0.15, 0.2) is 48.7 Å². The molecule has 0 unspecified atom stereocenters. The number of nitrogens with zero attached hydrogens (tertiary/aromatic N) is 1. The highest BCUT2D eigenvalue weighted by atomic mass is 16.2. The molecule has 2 amide bonds. The lowest BCUT2D eigenvalue weighted by atomic mass is 9.97. The summed E-state index contributed by atoms with van der Waals surface area (Å²) in [5.41, 5.74) is 4.62. The number of hydrogen-bond acceptors (Lipinski definition) is 3. The first-order valence-corrected chi connectivity index (χ1v) is 10.3. The Hall–Kier alpha value is -3.28. The van der Waals surface area contributed by atoms with Gasteiger partial charge in [-0.25, -0.2) is 0 Å². The summed E-state index contributed by atoms with van der Waals surface area (Å²) in [6.45, 7) is 1.44. The van der Waals surface area contributed by atoms with E-state index in [4.69, 9.17) is 0 Å². The van der Waals surface area contributed by atoms with Gasteiger partial charge in [0.1, 0.15) is 6.04 Å². The van der Waals surface area contributed by atoms with Crippen LogP contribution in [0.3, 0.4) is 0 Å². The zero-order valence-electron chi connectivity index (χ0n) is 16.2. The molecule has 3 heterocycles. The Labute approximate surface area is 169 Å². The molecule has 5 rings (SSSR count). The Balaban J connectivity index is 1.27. The smallest absolute Gasteiger partial charge is 0.251 e. The van der Waals surface area contributed by atoms with Crippen LogP contribution in [0, 0.1) is 0 Å². The quantitative estimate of drug-likeness (QED) is 0.641. The Morgan fingerprint density at radius 3 is 3.00 bits per heavy atom. The second kappa shape index (κ2) is 7.28. The van der Waals surface area contributed by atoms with E-state index in [0.29, 0.717) is 12.1 Å². The number of amides is 2. The molecule has 29 heavy (non-hydrogen) atoms. The minimum atomic E-state index is -0.123. The van der Waals surface area contributed by atoms with Gasteiger partial charge in [-0.15, -0.1) is 0 Å². The maximum absolute atomic E-state index is 12.6. The molecular weight excluding hydrogens is 364 g/mol. The van der Waals surface area contributed by atoms with Gasteiger partial charge in [-0.3, -0.25) is 9.59 Å². The van der Waals surface area contributed by atoms with Crippen molar-refractivity contribution in [1.82, 2.24) is 10.3 Å². The number of benzene rings is 2. The second-order valence-electron chi connectivity index (χ2n) is 7.79. The molecule has 2 aliphatic heterocycles. The molecule has 0 spiro atoms. The van der Waals surface area contributed by atoms with E-state index in [2.05, 4.69) is 26.6 Å². The van der Waals surface area contributed by atoms with Gasteiger partial charge in [0.2, 0.25) is 5.91 Å². The van der Waals surface area contributed by atoms with E-state index < -0.39 is 0 Å². The van der Waals surface area contributed by atoms with Gasteiger partial charge < -0.3 is 20.5 Å². The number of aromatic nitrogens is 1. The summed E-state index contributed by atoms with van der Waals surface area (Å²) >= 11 is 0. The predicted octanol–water partition coefficient (Wildman–Crippen LogP) is 3.45. The van der Waals surface area contributed by atoms with Gasteiger partial charge in [0, 0.05) is 35.8 Å². The molecule has 148 valence electrons. The van der Waals surface area contributed by atoms with E-state index in [1.807, 2.05) is 36.5 Å². The van der Waals surface area contributed by atoms with E-state index in [1.54, 1.807) is 6.07 Å². The zero-order chi connectivity index (χ0) is 19.8. The lowest BCUT2D eigenvalue weighted by Gasteiger charge is -2.41. The highest BCUT2D eigenvalue weighted by molar-refractivity contribution is 6.05. The van der Waals surface area contributed by atoms with Crippen LogP contribution in [0.2, 0.25) is 0 Å². The Morgan fingerprint density at radius 1 is 1.17 bits per heavy atom. The summed E-state index contributed by atoms with van der Waals surface area (Å²) < 4.78 is 0. The van der Waals surface area contributed by atoms with Crippen LogP contribution in [-0.2, 0) is 11.2 Å². The van der Waals surface area contributed by atoms with Gasteiger partial charge in [0.15, 0.2) is 0 Å². The molecule has 1 fully saturated rings. The van der Waals surface area contributed by atoms with Crippen molar-refractivity contribution in [3.05, 3.63) is 59.8 Å². The minimum Gasteiger partial charge on any atom is -0.361 e. The lowest BCUT2D eigenvalue weighted by Crippen LogP contribution is -2.50. The fourth-order valence-corrected chi connectivity index (χ4v) is 4.49. The van der Waals surface area contributed by atoms with Crippen molar-refractivity contribution < 1.29 is 9.59 Å². The maximum atomic E-state index is 12.6. The number of hydrogen-bond donors (Lipinski definition) is 3. The van der Waals surface area contributed by atoms with Gasteiger partial charge >= 0.3 is 0 Å². The third-order valence-corrected chi connectivity index (χ3v) is 5.99. The predicted molar refractivity (Wildman–Crippen MR) is 114 cm³/mol. The number of rotatable bonds is 4. The van der Waals surface area contributed by atoms with Crippen LogP contribution in [0.25, 0.3) is 10.9 Å². The molecule has 1 atom stereocenters. The maximum Gasteiger partial charge on any atom is 0.251 e. The van der Waals surface area contributed by atoms with E-state index in [-0.39, 0.29) is 17.9 Å². The Morgan fingerprint density at radius 2 is 2.07 bits per heavy atom. The molecular formula is C23H24N4O2. The number of fused-ring (bicyclic) bond motifs is 4. The summed E-state index contributed by atoms with van der Waals surface area (Å²) in [5, 5.41) is 7.17. The molecule has 0 bridgehead atoms. The second-order valence-corrected chi connectivity index (χ2v) is 7.79. The molecule has 6 heteroatoms. The van der Waals surface area contributed by atoms with Crippen molar-refractivity contribution in [2.75, 3.05) is 23.3 Å². The standard InChI is InChI=1S/C23H24N4O2/c28-22(24-11-10-16-14-25-18-6-2-1-5-17(16)18)15-8-9-20-19(13-15)26-23(29)21-7-3-4-12-27(20)21/h1-2,5-6,8-9,13-14,21,25H,3-4,7,10-12H2,(H,24,28)(H,26,29)/t21-/m1/s1. The van der Waals surface area contributed by atoms with E-state index in [9.17, 15) is 9.59 Å². The number of carbonyl (C=O) groups excluding carboxylic acids is 2. The summed E-state index contributed by atoms with van der Waals surface area (Å²) in [6, 6.07) is 13.7. The van der Waals surface area contributed by atoms with E-state index >= 15 is 0 Å². The topological polar surface area (TPSA) is 77.2 Å². The van der Waals surface area contributed by atoms with Crippen LogP contribution in [-0.4, -0.2) is 35.9 Å². The van der Waals surface area contributed by atoms with Crippen molar-refractivity contribution >= 4 is 34.1 Å². The molecule has 1 saturated heterocycles. The van der Waals surface area contributed by atoms with Crippen LogP contribution in [0.5, 0.6) is 0 Å². The molecule has 0 aliphatic carbocycles. The van der Waals surface area contributed by atoms with Gasteiger partial charge in [-0.05, 0) is 55.5 Å². The first-order valence-electron chi connectivity index (χ1n) is 10.3. The summed E-state index contributed by atoms with van der Waals surface area (Å²) in [6.07, 6.45) is 5.83. The van der Waals surface area contributed by atoms with Crippen molar-refractivity contribution in [2.45, 2.75) is 31.7 Å². The minimum absolute atomic E-state index is 0.0362. The molecule has 0 radical (unpaired) electrons. The van der Waals surface area contributed by atoms with E-state index in [1.165, 1.54) is 10.9 Å². The highest BCUT2D eigenvalue weighted by Crippen LogP contribution is 2.36. The average molecular weight is 388 g/mol. The number of piperidine rings is 1. The Bertz CT molecular complexity index is 1090. The first kappa shape index (κ1) is 17.8. The van der Waals surface area contributed by atoms with Gasteiger partial charge in [0.25, 0.3) is 5.91 Å². The summed E-state index contributed by atoms with van der Waals surface area (Å²) in [5.74, 6) is -0.0863. The fraction of sp³-hybridized carbons (Fsp3) is 0.304. The third kappa shape index (κ3) is 3.24. The van der Waals surface area contributed by atoms with Gasteiger partial charge in [-0.2, -0.15) is 0 Å².